The van der Waals surface area contributed by atoms with E-state index in [9.17, 15) is 19.5 Å². The number of fused-ring (bicyclic) bond motifs is 2. The number of aliphatic hydroxyl groups excluding tert-OH is 1. The molecule has 9 heteroatoms. The molecular formula is C27H32ClN3O5. The van der Waals surface area contributed by atoms with Crippen LogP contribution in [0.3, 0.4) is 0 Å². The van der Waals surface area contributed by atoms with E-state index in [2.05, 4.69) is 0 Å². The van der Waals surface area contributed by atoms with E-state index >= 15 is 0 Å². The van der Waals surface area contributed by atoms with Crippen LogP contribution in [0, 0.1) is 11.8 Å². The van der Waals surface area contributed by atoms with Crippen LogP contribution < -0.4 is 4.90 Å². The molecule has 0 saturated carbocycles. The number of carbonyl (C=O) groups is 3. The Balaban J connectivity index is 1.67. The van der Waals surface area contributed by atoms with E-state index in [1.807, 2.05) is 32.1 Å². The molecule has 1 N–H and O–H groups in total. The van der Waals surface area contributed by atoms with Gasteiger partial charge in [0, 0.05) is 19.6 Å². The minimum absolute atomic E-state index is 0.148. The Labute approximate surface area is 216 Å². The van der Waals surface area contributed by atoms with Crippen molar-refractivity contribution in [1.29, 1.82) is 0 Å². The number of hydrogen-bond acceptors (Lipinski definition) is 5. The molecule has 4 heterocycles. The van der Waals surface area contributed by atoms with Crippen molar-refractivity contribution in [1.82, 2.24) is 9.80 Å². The molecule has 0 aromatic heterocycles. The average molecular weight is 514 g/mol. The third kappa shape index (κ3) is 3.45. The van der Waals surface area contributed by atoms with Gasteiger partial charge in [-0.05, 0) is 32.4 Å². The number of aliphatic hydroxyl groups is 1. The van der Waals surface area contributed by atoms with Crippen molar-refractivity contribution in [2.45, 2.75) is 50.5 Å². The van der Waals surface area contributed by atoms with Gasteiger partial charge in [-0.1, -0.05) is 55.0 Å². The first-order valence-electron chi connectivity index (χ1n) is 12.5. The summed E-state index contributed by atoms with van der Waals surface area (Å²) < 4.78 is 6.76. The highest BCUT2D eigenvalue weighted by Crippen LogP contribution is 2.58. The van der Waals surface area contributed by atoms with Crippen molar-refractivity contribution in [3.05, 3.63) is 53.6 Å². The molecule has 0 bridgehead atoms. The fourth-order valence-electron chi connectivity index (χ4n) is 6.43. The van der Waals surface area contributed by atoms with E-state index in [1.165, 1.54) is 4.90 Å². The lowest BCUT2D eigenvalue weighted by Crippen LogP contribution is -2.58. The first-order chi connectivity index (χ1) is 17.2. The molecule has 4 aliphatic heterocycles. The Hall–Kier alpha value is -2.68. The summed E-state index contributed by atoms with van der Waals surface area (Å²) in [7, 11) is 0. The highest BCUT2D eigenvalue weighted by atomic mass is 35.5. The number of nitrogens with zero attached hydrogens (tertiary/aromatic N) is 3. The van der Waals surface area contributed by atoms with E-state index in [4.69, 9.17) is 16.3 Å². The number of hydrogen-bond donors (Lipinski definition) is 1. The second-order valence-electron chi connectivity index (χ2n) is 10.3. The third-order valence-corrected chi connectivity index (χ3v) is 8.27. The van der Waals surface area contributed by atoms with Crippen molar-refractivity contribution in [2.24, 2.45) is 11.8 Å². The van der Waals surface area contributed by atoms with Crippen molar-refractivity contribution >= 4 is 35.0 Å². The van der Waals surface area contributed by atoms with Crippen LogP contribution in [0.5, 0.6) is 0 Å². The molecule has 1 unspecified atom stereocenters. The normalized spacial score (nSPS) is 34.4. The summed E-state index contributed by atoms with van der Waals surface area (Å²) in [6, 6.07) is 5.35. The zero-order chi connectivity index (χ0) is 25.8. The lowest BCUT2D eigenvalue weighted by Gasteiger charge is -2.39. The van der Waals surface area contributed by atoms with Crippen molar-refractivity contribution in [3.63, 3.8) is 0 Å². The van der Waals surface area contributed by atoms with Gasteiger partial charge in [0.25, 0.3) is 5.91 Å². The van der Waals surface area contributed by atoms with Gasteiger partial charge in [0.05, 0.1) is 40.8 Å². The van der Waals surface area contributed by atoms with Gasteiger partial charge in [-0.3, -0.25) is 14.4 Å². The second kappa shape index (κ2) is 9.01. The zero-order valence-corrected chi connectivity index (χ0v) is 21.5. The summed E-state index contributed by atoms with van der Waals surface area (Å²) >= 11 is 6.46. The van der Waals surface area contributed by atoms with E-state index in [-0.39, 0.29) is 30.9 Å². The first kappa shape index (κ1) is 25.0. The first-order valence-corrected chi connectivity index (χ1v) is 12.9. The summed E-state index contributed by atoms with van der Waals surface area (Å²) in [5.41, 5.74) is -1.89. The zero-order valence-electron chi connectivity index (χ0n) is 20.8. The van der Waals surface area contributed by atoms with Crippen LogP contribution in [-0.2, 0) is 19.1 Å². The minimum atomic E-state index is -1.36. The molecule has 0 aliphatic carbocycles. The molecule has 8 nitrogen and oxygen atoms in total. The van der Waals surface area contributed by atoms with Gasteiger partial charge < -0.3 is 24.5 Å². The lowest BCUT2D eigenvalue weighted by atomic mass is 9.74. The van der Waals surface area contributed by atoms with Gasteiger partial charge in [-0.25, -0.2) is 0 Å². The molecule has 1 aromatic carbocycles. The molecule has 2 saturated heterocycles. The van der Waals surface area contributed by atoms with Crippen LogP contribution in [0.25, 0.3) is 0 Å². The Kier molecular flexibility index (Phi) is 6.25. The topological polar surface area (TPSA) is 90.4 Å². The van der Waals surface area contributed by atoms with Crippen LogP contribution in [0.15, 0.2) is 48.6 Å². The largest absolute Gasteiger partial charge is 0.394 e. The van der Waals surface area contributed by atoms with Crippen molar-refractivity contribution < 1.29 is 24.2 Å². The maximum atomic E-state index is 14.3. The molecule has 36 heavy (non-hydrogen) atoms. The van der Waals surface area contributed by atoms with Crippen LogP contribution in [0.1, 0.15) is 27.2 Å². The molecule has 0 radical (unpaired) electrons. The predicted octanol–water partition coefficient (Wildman–Crippen LogP) is 2.40. The molecule has 192 valence electrons. The van der Waals surface area contributed by atoms with Crippen LogP contribution in [0.2, 0.25) is 5.02 Å². The Morgan fingerprint density at radius 2 is 1.81 bits per heavy atom. The van der Waals surface area contributed by atoms with Crippen LogP contribution >= 0.6 is 11.6 Å². The molecule has 4 aliphatic rings. The highest BCUT2D eigenvalue weighted by Gasteiger charge is 2.75. The van der Waals surface area contributed by atoms with Crippen LogP contribution in [0.4, 0.5) is 5.69 Å². The molecule has 1 aromatic rings. The highest BCUT2D eigenvalue weighted by molar-refractivity contribution is 6.34. The quantitative estimate of drug-likeness (QED) is 0.611. The second-order valence-corrected chi connectivity index (χ2v) is 10.7. The van der Waals surface area contributed by atoms with E-state index in [0.29, 0.717) is 23.8 Å². The molecule has 1 spiro atoms. The number of likely N-dealkylation sites (tertiary alicyclic amines) is 1. The molecule has 5 rings (SSSR count). The number of benzene rings is 1. The maximum Gasteiger partial charge on any atom is 0.253 e. The molecular weight excluding hydrogens is 482 g/mol. The lowest BCUT2D eigenvalue weighted by molar-refractivity contribution is -0.150. The number of ether oxygens (including phenoxy) is 1. The van der Waals surface area contributed by atoms with Gasteiger partial charge in [-0.15, -0.1) is 0 Å². The summed E-state index contributed by atoms with van der Waals surface area (Å²) in [6.07, 6.45) is 8.19. The number of anilines is 1. The summed E-state index contributed by atoms with van der Waals surface area (Å²) in [5, 5.41) is 10.5. The van der Waals surface area contributed by atoms with E-state index in [0.717, 1.165) is 6.42 Å². The van der Waals surface area contributed by atoms with E-state index in [1.54, 1.807) is 47.1 Å². The predicted molar refractivity (Wildman–Crippen MR) is 135 cm³/mol. The SMILES string of the molecule is CCCN1CC=C[C@@]2(C)O[C@]34C=CCN(c5ccccc5Cl)C(=O)C3N([C@H](C)CO)C(=O)[C@@H]4[C@H]2C1=O. The number of carbonyl (C=O) groups excluding carboxylic acids is 3. The summed E-state index contributed by atoms with van der Waals surface area (Å²) in [6.45, 7) is 6.46. The smallest absolute Gasteiger partial charge is 0.253 e. The Morgan fingerprint density at radius 1 is 1.08 bits per heavy atom. The van der Waals surface area contributed by atoms with Gasteiger partial charge in [0.15, 0.2) is 0 Å². The third-order valence-electron chi connectivity index (χ3n) is 7.95. The Morgan fingerprint density at radius 3 is 2.50 bits per heavy atom. The number of amides is 3. The standard InChI is InChI=1S/C27H32ClN3O5/c1-4-13-29-14-7-11-26(3)20(23(29)33)21-24(34)31(17(2)16-32)22-25(35)30(15-8-12-27(21,22)36-26)19-10-6-5-9-18(19)28/h5-12,17,20-22,32H,4,13-16H2,1-3H3/t17-,20+,21+,22?,26-,27+/m1/s1. The Bertz CT molecular complexity index is 1150. The van der Waals surface area contributed by atoms with Crippen molar-refractivity contribution in [3.8, 4) is 0 Å². The van der Waals surface area contributed by atoms with Gasteiger partial charge in [0.1, 0.15) is 11.6 Å². The van der Waals surface area contributed by atoms with Gasteiger partial charge in [0.2, 0.25) is 11.8 Å². The molecule has 3 amide bonds. The molecule has 6 atom stereocenters. The maximum absolute atomic E-state index is 14.3. The summed E-state index contributed by atoms with van der Waals surface area (Å²) in [5.74, 6) is -2.55. The summed E-state index contributed by atoms with van der Waals surface area (Å²) in [4.78, 5) is 47.0. The van der Waals surface area contributed by atoms with Crippen molar-refractivity contribution in [2.75, 3.05) is 31.1 Å². The molecule has 2 fully saturated rings. The average Bonchev–Trinajstić information content (AvgIpc) is 3.13. The fraction of sp³-hybridized carbons (Fsp3) is 0.519. The fourth-order valence-corrected chi connectivity index (χ4v) is 6.67. The number of rotatable bonds is 5. The van der Waals surface area contributed by atoms with E-state index < -0.39 is 35.1 Å². The minimum Gasteiger partial charge on any atom is -0.394 e. The van der Waals surface area contributed by atoms with Crippen LogP contribution in [-0.4, -0.2) is 82.2 Å². The van der Waals surface area contributed by atoms with Gasteiger partial charge in [-0.2, -0.15) is 0 Å². The van der Waals surface area contributed by atoms with Gasteiger partial charge >= 0.3 is 0 Å². The number of halogens is 1. The monoisotopic (exact) mass is 513 g/mol. The number of para-hydroxylation sites is 1.